The molecule has 1 aliphatic carbocycles. The Balaban J connectivity index is 2.14. The Morgan fingerprint density at radius 3 is 2.60 bits per heavy atom. The van der Waals surface area contributed by atoms with Gasteiger partial charge in [0.1, 0.15) is 0 Å². The van der Waals surface area contributed by atoms with E-state index in [1.165, 1.54) is 24.1 Å². The van der Waals surface area contributed by atoms with E-state index in [0.717, 1.165) is 29.3 Å². The molecule has 1 saturated carbocycles. The molecular weight excluding hydrogens is 286 g/mol. The number of nitrogens with one attached hydrogen (secondary N) is 1. The number of rotatable bonds is 4. The van der Waals surface area contributed by atoms with Gasteiger partial charge < -0.3 is 5.32 Å². The Kier molecular flexibility index (Phi) is 5.56. The van der Waals surface area contributed by atoms with Gasteiger partial charge in [-0.2, -0.15) is 0 Å². The van der Waals surface area contributed by atoms with Crippen molar-refractivity contribution >= 4 is 22.9 Å². The molecule has 2 rings (SSSR count). The zero-order chi connectivity index (χ0) is 14.8. The topological polar surface area (TPSA) is 12.0 Å². The summed E-state index contributed by atoms with van der Waals surface area (Å²) >= 11 is 7.94. The molecule has 3 heteroatoms. The van der Waals surface area contributed by atoms with Gasteiger partial charge in [0, 0.05) is 4.88 Å². The Morgan fingerprint density at radius 2 is 2.05 bits per heavy atom. The van der Waals surface area contributed by atoms with Gasteiger partial charge in [-0.25, -0.2) is 0 Å². The smallest absolute Gasteiger partial charge is 0.0931 e. The molecule has 3 atom stereocenters. The number of hydrogen-bond donors (Lipinski definition) is 1. The van der Waals surface area contributed by atoms with Crippen molar-refractivity contribution in [1.29, 1.82) is 0 Å². The summed E-state index contributed by atoms with van der Waals surface area (Å²) in [6, 6.07) is 4.31. The highest BCUT2D eigenvalue weighted by Gasteiger charge is 2.36. The van der Waals surface area contributed by atoms with Crippen molar-refractivity contribution in [2.75, 3.05) is 13.1 Å². The molecule has 1 fully saturated rings. The molecule has 1 nitrogen and oxygen atoms in total. The minimum atomic E-state index is 0.419. The zero-order valence-electron chi connectivity index (χ0n) is 13.2. The van der Waals surface area contributed by atoms with Crippen molar-refractivity contribution in [2.45, 2.75) is 52.9 Å². The lowest BCUT2D eigenvalue weighted by Crippen LogP contribution is -2.35. The third-order valence-corrected chi connectivity index (χ3v) is 6.20. The summed E-state index contributed by atoms with van der Waals surface area (Å²) in [5, 5.41) is 3.55. The molecule has 3 unspecified atom stereocenters. The molecule has 0 amide bonds. The first-order valence-electron chi connectivity index (χ1n) is 7.87. The Morgan fingerprint density at radius 1 is 1.30 bits per heavy atom. The van der Waals surface area contributed by atoms with Crippen LogP contribution in [0.4, 0.5) is 0 Å². The van der Waals surface area contributed by atoms with E-state index in [-0.39, 0.29) is 0 Å². The summed E-state index contributed by atoms with van der Waals surface area (Å²) in [7, 11) is 0. The zero-order valence-corrected chi connectivity index (χ0v) is 14.8. The molecule has 1 aromatic rings. The van der Waals surface area contributed by atoms with Gasteiger partial charge in [-0.3, -0.25) is 0 Å². The van der Waals surface area contributed by atoms with Crippen LogP contribution in [0.5, 0.6) is 0 Å². The highest BCUT2D eigenvalue weighted by Crippen LogP contribution is 2.48. The van der Waals surface area contributed by atoms with Crippen LogP contribution in [-0.4, -0.2) is 13.1 Å². The minimum Gasteiger partial charge on any atom is -0.317 e. The van der Waals surface area contributed by atoms with E-state index >= 15 is 0 Å². The maximum atomic E-state index is 6.16. The van der Waals surface area contributed by atoms with Crippen LogP contribution < -0.4 is 5.32 Å². The fourth-order valence-corrected chi connectivity index (χ4v) is 4.74. The number of hydrogen-bond acceptors (Lipinski definition) is 2. The van der Waals surface area contributed by atoms with Crippen LogP contribution in [0.3, 0.4) is 0 Å². The van der Waals surface area contributed by atoms with Gasteiger partial charge in [0.25, 0.3) is 0 Å². The van der Waals surface area contributed by atoms with E-state index in [1.807, 2.05) is 0 Å². The van der Waals surface area contributed by atoms with Crippen LogP contribution in [0, 0.1) is 17.3 Å². The molecule has 0 aliphatic heterocycles. The molecule has 1 heterocycles. The predicted molar refractivity (Wildman–Crippen MR) is 90.9 cm³/mol. The second-order valence-electron chi connectivity index (χ2n) is 7.19. The first-order chi connectivity index (χ1) is 9.41. The van der Waals surface area contributed by atoms with Gasteiger partial charge in [0.15, 0.2) is 0 Å². The summed E-state index contributed by atoms with van der Waals surface area (Å²) in [4.78, 5) is 1.49. The summed E-state index contributed by atoms with van der Waals surface area (Å²) < 4.78 is 0.931. The number of thiophene rings is 1. The van der Waals surface area contributed by atoms with Gasteiger partial charge in [0.2, 0.25) is 0 Å². The molecule has 0 aromatic carbocycles. The SMILES string of the molecule is CCNCC1CCC(C(C)(C)C)CC1c1ccc(Cl)s1. The molecule has 0 spiro atoms. The molecular formula is C17H28ClNS. The van der Waals surface area contributed by atoms with Crippen LogP contribution in [0.15, 0.2) is 12.1 Å². The van der Waals surface area contributed by atoms with Gasteiger partial charge in [-0.1, -0.05) is 39.3 Å². The van der Waals surface area contributed by atoms with E-state index in [2.05, 4.69) is 45.1 Å². The van der Waals surface area contributed by atoms with E-state index in [9.17, 15) is 0 Å². The molecule has 1 aliphatic rings. The second-order valence-corrected chi connectivity index (χ2v) is 8.94. The highest BCUT2D eigenvalue weighted by molar-refractivity contribution is 7.16. The molecule has 0 radical (unpaired) electrons. The summed E-state index contributed by atoms with van der Waals surface area (Å²) in [5.74, 6) is 2.28. The van der Waals surface area contributed by atoms with E-state index in [1.54, 1.807) is 11.3 Å². The summed E-state index contributed by atoms with van der Waals surface area (Å²) in [6.45, 7) is 11.6. The first-order valence-corrected chi connectivity index (χ1v) is 9.07. The molecule has 0 saturated heterocycles. The van der Waals surface area contributed by atoms with Crippen LogP contribution in [-0.2, 0) is 0 Å². The monoisotopic (exact) mass is 313 g/mol. The predicted octanol–water partition coefficient (Wildman–Crippen LogP) is 5.56. The lowest BCUT2D eigenvalue weighted by molar-refractivity contribution is 0.131. The molecule has 20 heavy (non-hydrogen) atoms. The maximum absolute atomic E-state index is 6.16. The first kappa shape index (κ1) is 16.3. The van der Waals surface area contributed by atoms with Crippen LogP contribution in [0.25, 0.3) is 0 Å². The average Bonchev–Trinajstić information content (AvgIpc) is 2.81. The van der Waals surface area contributed by atoms with Crippen LogP contribution in [0.1, 0.15) is 57.8 Å². The highest BCUT2D eigenvalue weighted by atomic mass is 35.5. The number of halogens is 1. The van der Waals surface area contributed by atoms with E-state index < -0.39 is 0 Å². The lowest BCUT2D eigenvalue weighted by atomic mass is 9.65. The Hall–Kier alpha value is -0.0500. The maximum Gasteiger partial charge on any atom is 0.0931 e. The Labute approximate surface area is 133 Å². The Bertz CT molecular complexity index is 421. The van der Waals surface area contributed by atoms with Crippen molar-refractivity contribution in [3.8, 4) is 0 Å². The van der Waals surface area contributed by atoms with Gasteiger partial charge in [-0.15, -0.1) is 11.3 Å². The quantitative estimate of drug-likeness (QED) is 0.767. The van der Waals surface area contributed by atoms with Gasteiger partial charge >= 0.3 is 0 Å². The third kappa shape index (κ3) is 3.99. The molecule has 0 bridgehead atoms. The summed E-state index contributed by atoms with van der Waals surface area (Å²) in [6.07, 6.45) is 4.03. The average molecular weight is 314 g/mol. The largest absolute Gasteiger partial charge is 0.317 e. The standard InChI is InChI=1S/C17H28ClNS/c1-5-19-11-12-6-7-13(17(2,3)4)10-14(12)15-8-9-16(18)20-15/h8-9,12-14,19H,5-7,10-11H2,1-4H3. The lowest BCUT2D eigenvalue weighted by Gasteiger charge is -2.41. The van der Waals surface area contributed by atoms with Crippen molar-refractivity contribution in [3.05, 3.63) is 21.3 Å². The fraction of sp³-hybridized carbons (Fsp3) is 0.765. The van der Waals surface area contributed by atoms with Crippen molar-refractivity contribution in [1.82, 2.24) is 5.32 Å². The molecule has 114 valence electrons. The minimum absolute atomic E-state index is 0.419. The van der Waals surface area contributed by atoms with Crippen LogP contribution in [0.2, 0.25) is 4.34 Å². The van der Waals surface area contributed by atoms with Crippen molar-refractivity contribution < 1.29 is 0 Å². The normalized spacial score (nSPS) is 27.8. The molecule has 1 aromatic heterocycles. The second kappa shape index (κ2) is 6.81. The fourth-order valence-electron chi connectivity index (χ4n) is 3.47. The van der Waals surface area contributed by atoms with E-state index in [4.69, 9.17) is 11.6 Å². The third-order valence-electron chi connectivity index (χ3n) is 4.83. The van der Waals surface area contributed by atoms with Gasteiger partial charge in [0.05, 0.1) is 4.34 Å². The van der Waals surface area contributed by atoms with Gasteiger partial charge in [-0.05, 0) is 67.7 Å². The summed E-state index contributed by atoms with van der Waals surface area (Å²) in [5.41, 5.74) is 0.419. The van der Waals surface area contributed by atoms with Crippen molar-refractivity contribution in [2.24, 2.45) is 17.3 Å². The molecule has 1 N–H and O–H groups in total. The van der Waals surface area contributed by atoms with Crippen LogP contribution >= 0.6 is 22.9 Å². The van der Waals surface area contributed by atoms with Crippen molar-refractivity contribution in [3.63, 3.8) is 0 Å². The van der Waals surface area contributed by atoms with E-state index in [0.29, 0.717) is 11.3 Å².